The second kappa shape index (κ2) is 7.08. The van der Waals surface area contributed by atoms with Crippen LogP contribution in [0.15, 0.2) is 47.4 Å². The third kappa shape index (κ3) is 3.05. The largest absolute Gasteiger partial charge is 0.355 e. The summed E-state index contributed by atoms with van der Waals surface area (Å²) in [4.78, 5) is 17.0. The minimum Gasteiger partial charge on any atom is -0.355 e. The van der Waals surface area contributed by atoms with Crippen molar-refractivity contribution in [3.8, 4) is 11.3 Å². The molecule has 7 heteroatoms. The Balaban J connectivity index is 1.84. The molecule has 0 radical (unpaired) electrons. The minimum atomic E-state index is -0.243. The zero-order valence-electron chi connectivity index (χ0n) is 13.6. The number of nitrogens with one attached hydrogen (secondary N) is 1. The summed E-state index contributed by atoms with van der Waals surface area (Å²) in [6.07, 6.45) is 3.65. The highest BCUT2D eigenvalue weighted by molar-refractivity contribution is 5.99. The van der Waals surface area contributed by atoms with Gasteiger partial charge in [0, 0.05) is 12.1 Å². The lowest BCUT2D eigenvalue weighted by Gasteiger charge is -2.16. The maximum Gasteiger partial charge on any atom is 0.257 e. The van der Waals surface area contributed by atoms with Crippen LogP contribution in [0.5, 0.6) is 0 Å². The number of carbonyl (C=O) groups is 1. The van der Waals surface area contributed by atoms with E-state index >= 15 is 0 Å². The van der Waals surface area contributed by atoms with Crippen LogP contribution >= 0.6 is 0 Å². The first kappa shape index (κ1) is 15.9. The molecule has 0 saturated carbocycles. The molecule has 124 valence electrons. The van der Waals surface area contributed by atoms with E-state index in [9.17, 15) is 4.79 Å². The summed E-state index contributed by atoms with van der Waals surface area (Å²) < 4.78 is 7.06. The SMILES string of the molecule is CC[C@H](NC(=O)c1cnoc1-c1ccccc1)c1ncnn1CC. The maximum atomic E-state index is 12.7. The average Bonchev–Trinajstić information content (AvgIpc) is 3.29. The predicted molar refractivity (Wildman–Crippen MR) is 88.1 cm³/mol. The van der Waals surface area contributed by atoms with Crippen LogP contribution in [0.25, 0.3) is 11.3 Å². The van der Waals surface area contributed by atoms with Gasteiger partial charge in [0.2, 0.25) is 0 Å². The molecule has 0 aliphatic heterocycles. The Morgan fingerprint density at radius 1 is 1.29 bits per heavy atom. The Kier molecular flexibility index (Phi) is 4.69. The minimum absolute atomic E-state index is 0.224. The van der Waals surface area contributed by atoms with Crippen LogP contribution in [-0.4, -0.2) is 25.8 Å². The summed E-state index contributed by atoms with van der Waals surface area (Å²) in [5, 5.41) is 10.9. The second-order valence-electron chi connectivity index (χ2n) is 5.30. The van der Waals surface area contributed by atoms with Gasteiger partial charge in [0.05, 0.1) is 12.2 Å². The van der Waals surface area contributed by atoms with Gasteiger partial charge in [-0.3, -0.25) is 4.79 Å². The topological polar surface area (TPSA) is 85.8 Å². The summed E-state index contributed by atoms with van der Waals surface area (Å²) in [7, 11) is 0. The van der Waals surface area contributed by atoms with Crippen molar-refractivity contribution in [2.75, 3.05) is 0 Å². The molecule has 0 aliphatic rings. The van der Waals surface area contributed by atoms with E-state index in [1.165, 1.54) is 12.5 Å². The quantitative estimate of drug-likeness (QED) is 0.753. The van der Waals surface area contributed by atoms with Crippen LogP contribution < -0.4 is 5.32 Å². The van der Waals surface area contributed by atoms with E-state index in [0.29, 0.717) is 24.3 Å². The van der Waals surface area contributed by atoms with Crippen LogP contribution in [0.2, 0.25) is 0 Å². The van der Waals surface area contributed by atoms with Gasteiger partial charge in [-0.25, -0.2) is 9.67 Å². The molecule has 3 rings (SSSR count). The summed E-state index contributed by atoms with van der Waals surface area (Å²) in [6.45, 7) is 4.68. The zero-order chi connectivity index (χ0) is 16.9. The molecule has 0 saturated heterocycles. The average molecular weight is 325 g/mol. The van der Waals surface area contributed by atoms with E-state index in [4.69, 9.17) is 4.52 Å². The van der Waals surface area contributed by atoms with E-state index in [0.717, 1.165) is 11.4 Å². The van der Waals surface area contributed by atoms with Gasteiger partial charge in [0.15, 0.2) is 5.76 Å². The van der Waals surface area contributed by atoms with Crippen LogP contribution in [-0.2, 0) is 6.54 Å². The van der Waals surface area contributed by atoms with Gasteiger partial charge in [-0.1, -0.05) is 42.4 Å². The summed E-state index contributed by atoms with van der Waals surface area (Å²) >= 11 is 0. The highest BCUT2D eigenvalue weighted by Crippen LogP contribution is 2.24. The molecule has 2 aromatic heterocycles. The zero-order valence-corrected chi connectivity index (χ0v) is 13.6. The van der Waals surface area contributed by atoms with Gasteiger partial charge in [0.1, 0.15) is 17.7 Å². The van der Waals surface area contributed by atoms with Crippen molar-refractivity contribution in [2.45, 2.75) is 32.9 Å². The Bertz CT molecular complexity index is 809. The first-order valence-corrected chi connectivity index (χ1v) is 7.93. The van der Waals surface area contributed by atoms with Gasteiger partial charge in [0.25, 0.3) is 5.91 Å². The fraction of sp³-hybridized carbons (Fsp3) is 0.294. The lowest BCUT2D eigenvalue weighted by atomic mass is 10.1. The Morgan fingerprint density at radius 3 is 2.79 bits per heavy atom. The molecule has 1 atom stereocenters. The number of carbonyl (C=O) groups excluding carboxylic acids is 1. The molecular weight excluding hydrogens is 306 g/mol. The molecule has 0 bridgehead atoms. The molecule has 1 amide bonds. The van der Waals surface area contributed by atoms with Crippen molar-refractivity contribution in [1.29, 1.82) is 0 Å². The normalized spacial score (nSPS) is 12.1. The fourth-order valence-electron chi connectivity index (χ4n) is 2.57. The summed E-state index contributed by atoms with van der Waals surface area (Å²) in [5.41, 5.74) is 1.21. The van der Waals surface area contributed by atoms with Crippen LogP contribution in [0.3, 0.4) is 0 Å². The van der Waals surface area contributed by atoms with Crippen molar-refractivity contribution in [3.63, 3.8) is 0 Å². The molecule has 24 heavy (non-hydrogen) atoms. The van der Waals surface area contributed by atoms with Gasteiger partial charge in [-0.05, 0) is 13.3 Å². The third-order valence-electron chi connectivity index (χ3n) is 3.82. The number of aryl methyl sites for hydroxylation is 1. The summed E-state index contributed by atoms with van der Waals surface area (Å²) in [5.74, 6) is 0.957. The van der Waals surface area contributed by atoms with E-state index < -0.39 is 0 Å². The van der Waals surface area contributed by atoms with Crippen molar-refractivity contribution >= 4 is 5.91 Å². The number of rotatable bonds is 6. The van der Waals surface area contributed by atoms with E-state index in [1.54, 1.807) is 4.68 Å². The van der Waals surface area contributed by atoms with Gasteiger partial charge in [-0.2, -0.15) is 5.10 Å². The number of hydrogen-bond donors (Lipinski definition) is 1. The summed E-state index contributed by atoms with van der Waals surface area (Å²) in [6, 6.07) is 9.21. The van der Waals surface area contributed by atoms with Crippen LogP contribution in [0.4, 0.5) is 0 Å². The Morgan fingerprint density at radius 2 is 2.08 bits per heavy atom. The Labute approximate surface area is 139 Å². The van der Waals surface area contributed by atoms with Crippen molar-refractivity contribution in [2.24, 2.45) is 0 Å². The molecule has 1 N–H and O–H groups in total. The van der Waals surface area contributed by atoms with Gasteiger partial charge in [-0.15, -0.1) is 0 Å². The van der Waals surface area contributed by atoms with E-state index in [2.05, 4.69) is 20.6 Å². The second-order valence-corrected chi connectivity index (χ2v) is 5.30. The molecule has 7 nitrogen and oxygen atoms in total. The van der Waals surface area contributed by atoms with Crippen molar-refractivity contribution in [1.82, 2.24) is 25.2 Å². The fourth-order valence-corrected chi connectivity index (χ4v) is 2.57. The van der Waals surface area contributed by atoms with E-state index in [1.807, 2.05) is 44.2 Å². The van der Waals surface area contributed by atoms with Crippen LogP contribution in [0.1, 0.15) is 42.5 Å². The molecule has 0 aliphatic carbocycles. The van der Waals surface area contributed by atoms with Gasteiger partial charge < -0.3 is 9.84 Å². The molecule has 0 fully saturated rings. The highest BCUT2D eigenvalue weighted by Gasteiger charge is 2.23. The van der Waals surface area contributed by atoms with Gasteiger partial charge >= 0.3 is 0 Å². The highest BCUT2D eigenvalue weighted by atomic mass is 16.5. The lowest BCUT2D eigenvalue weighted by Crippen LogP contribution is -2.30. The molecule has 0 spiro atoms. The molecular formula is C17H19N5O2. The number of aromatic nitrogens is 4. The third-order valence-corrected chi connectivity index (χ3v) is 3.82. The van der Waals surface area contributed by atoms with Crippen LogP contribution in [0, 0.1) is 0 Å². The number of hydrogen-bond acceptors (Lipinski definition) is 5. The maximum absolute atomic E-state index is 12.7. The monoisotopic (exact) mass is 325 g/mol. The number of nitrogens with zero attached hydrogens (tertiary/aromatic N) is 4. The molecule has 3 aromatic rings. The molecule has 2 heterocycles. The lowest BCUT2D eigenvalue weighted by molar-refractivity contribution is 0.0933. The van der Waals surface area contributed by atoms with Crippen molar-refractivity contribution in [3.05, 3.63) is 54.2 Å². The predicted octanol–water partition coefficient (Wildman–Crippen LogP) is 2.83. The first-order chi connectivity index (χ1) is 11.7. The standard InChI is InChI=1S/C17H19N5O2/c1-3-14(16-18-11-19-22(16)4-2)21-17(23)13-10-20-24-15(13)12-8-6-5-7-9-12/h5-11,14H,3-4H2,1-2H3,(H,21,23)/t14-/m0/s1. The smallest absolute Gasteiger partial charge is 0.257 e. The number of benzene rings is 1. The molecule has 1 aromatic carbocycles. The van der Waals surface area contributed by atoms with Crippen molar-refractivity contribution < 1.29 is 9.32 Å². The van der Waals surface area contributed by atoms with E-state index in [-0.39, 0.29) is 11.9 Å². The molecule has 0 unspecified atom stereocenters. The number of amides is 1. The Hall–Kier alpha value is -2.96. The first-order valence-electron chi connectivity index (χ1n) is 7.93.